The summed E-state index contributed by atoms with van der Waals surface area (Å²) in [4.78, 5) is 1.54. The number of rotatable bonds is 1. The summed E-state index contributed by atoms with van der Waals surface area (Å²) in [5.41, 5.74) is 6.57. The maximum absolute atomic E-state index is 2.41. The molecular formula is C25H19NS. The van der Waals surface area contributed by atoms with Crippen molar-refractivity contribution in [1.29, 1.82) is 0 Å². The lowest BCUT2D eigenvalue weighted by molar-refractivity contribution is 1.02. The Hall–Kier alpha value is -2.84. The standard InChI is InChI=1S/C25H19NS/c1-16-11-13-21-20(15-16)24-22(26(21)17-7-3-2-4-8-17)14-12-19-18-9-5-6-10-23(18)27-25(19)24/h2-5,7-9,11-15H,6,10H2,1H3. The summed E-state index contributed by atoms with van der Waals surface area (Å²) in [6.45, 7) is 2.19. The number of hydrogen-bond donors (Lipinski definition) is 0. The van der Waals surface area contributed by atoms with Crippen molar-refractivity contribution >= 4 is 49.3 Å². The van der Waals surface area contributed by atoms with Gasteiger partial charge in [-0.3, -0.25) is 0 Å². The van der Waals surface area contributed by atoms with Crippen molar-refractivity contribution in [3.05, 3.63) is 82.7 Å². The van der Waals surface area contributed by atoms with Crippen LogP contribution in [-0.4, -0.2) is 4.57 Å². The molecule has 0 aliphatic heterocycles. The van der Waals surface area contributed by atoms with Gasteiger partial charge in [-0.2, -0.15) is 0 Å². The minimum atomic E-state index is 1.16. The lowest BCUT2D eigenvalue weighted by atomic mass is 10.0. The van der Waals surface area contributed by atoms with Gasteiger partial charge in [0.1, 0.15) is 0 Å². The van der Waals surface area contributed by atoms with Gasteiger partial charge in [0.25, 0.3) is 0 Å². The average Bonchev–Trinajstić information content (AvgIpc) is 3.23. The first-order valence-corrected chi connectivity index (χ1v) is 10.3. The summed E-state index contributed by atoms with van der Waals surface area (Å²) in [7, 11) is 0. The monoisotopic (exact) mass is 365 g/mol. The van der Waals surface area contributed by atoms with E-state index in [1.807, 2.05) is 11.3 Å². The van der Waals surface area contributed by atoms with E-state index in [0.717, 1.165) is 6.42 Å². The summed E-state index contributed by atoms with van der Waals surface area (Å²) >= 11 is 1.99. The predicted octanol–water partition coefficient (Wildman–Crippen LogP) is 7.27. The van der Waals surface area contributed by atoms with E-state index < -0.39 is 0 Å². The lowest BCUT2D eigenvalue weighted by Crippen LogP contribution is -1.92. The van der Waals surface area contributed by atoms with Crippen LogP contribution in [0.3, 0.4) is 0 Å². The molecular weight excluding hydrogens is 346 g/mol. The SMILES string of the molecule is Cc1ccc2c(c1)c1c3sc4c(c3ccc1n2-c1ccccc1)C=CCC4. The Labute approximate surface area is 162 Å². The van der Waals surface area contributed by atoms with Crippen LogP contribution in [0.1, 0.15) is 22.4 Å². The lowest BCUT2D eigenvalue weighted by Gasteiger charge is -2.07. The first-order chi connectivity index (χ1) is 13.3. The fraction of sp³-hybridized carbons (Fsp3) is 0.120. The minimum Gasteiger partial charge on any atom is -0.309 e. The summed E-state index contributed by atoms with van der Waals surface area (Å²) < 4.78 is 3.85. The van der Waals surface area contributed by atoms with Crippen molar-refractivity contribution in [3.63, 3.8) is 0 Å². The highest BCUT2D eigenvalue weighted by Crippen LogP contribution is 2.43. The largest absolute Gasteiger partial charge is 0.309 e. The van der Waals surface area contributed by atoms with Gasteiger partial charge >= 0.3 is 0 Å². The Morgan fingerprint density at radius 2 is 1.74 bits per heavy atom. The van der Waals surface area contributed by atoms with Crippen LogP contribution < -0.4 is 0 Å². The molecule has 2 heterocycles. The molecule has 0 atom stereocenters. The molecule has 0 saturated heterocycles. The van der Waals surface area contributed by atoms with Crippen LogP contribution >= 0.6 is 11.3 Å². The predicted molar refractivity (Wildman–Crippen MR) is 118 cm³/mol. The molecule has 27 heavy (non-hydrogen) atoms. The van der Waals surface area contributed by atoms with Gasteiger partial charge in [-0.05, 0) is 55.7 Å². The molecule has 0 spiro atoms. The van der Waals surface area contributed by atoms with Gasteiger partial charge in [0, 0.05) is 31.4 Å². The minimum absolute atomic E-state index is 1.16. The molecule has 2 heteroatoms. The molecule has 0 radical (unpaired) electrons. The molecule has 0 saturated carbocycles. The summed E-state index contributed by atoms with van der Waals surface area (Å²) in [6.07, 6.45) is 6.97. The van der Waals surface area contributed by atoms with E-state index in [4.69, 9.17) is 0 Å². The van der Waals surface area contributed by atoms with E-state index in [0.29, 0.717) is 0 Å². The van der Waals surface area contributed by atoms with Crippen LogP contribution in [-0.2, 0) is 6.42 Å². The summed E-state index contributed by atoms with van der Waals surface area (Å²) in [5, 5.41) is 4.18. The second kappa shape index (κ2) is 5.58. The van der Waals surface area contributed by atoms with Crippen LogP contribution in [0.4, 0.5) is 0 Å². The van der Waals surface area contributed by atoms with E-state index in [9.17, 15) is 0 Å². The van der Waals surface area contributed by atoms with E-state index in [1.54, 1.807) is 0 Å². The van der Waals surface area contributed by atoms with Crippen LogP contribution in [0.5, 0.6) is 0 Å². The normalized spacial score (nSPS) is 13.7. The second-order valence-corrected chi connectivity index (χ2v) is 8.51. The molecule has 1 aliphatic carbocycles. The molecule has 0 bridgehead atoms. The third-order valence-electron chi connectivity index (χ3n) is 5.69. The molecule has 3 aromatic carbocycles. The number of nitrogens with zero attached hydrogens (tertiary/aromatic N) is 1. The molecule has 2 aromatic heterocycles. The fourth-order valence-corrected chi connectivity index (χ4v) is 5.84. The summed E-state index contributed by atoms with van der Waals surface area (Å²) in [6, 6.07) is 22.2. The van der Waals surface area contributed by atoms with E-state index in [-0.39, 0.29) is 0 Å². The zero-order chi connectivity index (χ0) is 18.0. The Morgan fingerprint density at radius 1 is 0.889 bits per heavy atom. The molecule has 0 fully saturated rings. The Balaban J connectivity index is 1.84. The quantitative estimate of drug-likeness (QED) is 0.294. The van der Waals surface area contributed by atoms with Crippen LogP contribution in [0, 0.1) is 6.92 Å². The van der Waals surface area contributed by atoms with Crippen molar-refractivity contribution in [2.45, 2.75) is 19.8 Å². The smallest absolute Gasteiger partial charge is 0.0555 e. The number of para-hydroxylation sites is 1. The number of thiophene rings is 1. The van der Waals surface area contributed by atoms with E-state index in [1.165, 1.54) is 60.0 Å². The number of benzene rings is 3. The maximum atomic E-state index is 2.41. The number of fused-ring (bicyclic) bond motifs is 7. The Morgan fingerprint density at radius 3 is 2.63 bits per heavy atom. The van der Waals surface area contributed by atoms with E-state index >= 15 is 0 Å². The highest BCUT2D eigenvalue weighted by Gasteiger charge is 2.19. The molecule has 5 aromatic rings. The first-order valence-electron chi connectivity index (χ1n) is 9.52. The number of aryl methyl sites for hydroxylation is 2. The van der Waals surface area contributed by atoms with Crippen LogP contribution in [0.2, 0.25) is 0 Å². The number of allylic oxidation sites excluding steroid dienone is 1. The molecule has 6 rings (SSSR count). The van der Waals surface area contributed by atoms with Crippen molar-refractivity contribution in [3.8, 4) is 5.69 Å². The van der Waals surface area contributed by atoms with Crippen molar-refractivity contribution < 1.29 is 0 Å². The molecule has 0 N–H and O–H groups in total. The van der Waals surface area contributed by atoms with Gasteiger partial charge in [-0.25, -0.2) is 0 Å². The maximum Gasteiger partial charge on any atom is 0.0555 e. The molecule has 130 valence electrons. The van der Waals surface area contributed by atoms with Gasteiger partial charge in [0.05, 0.1) is 11.0 Å². The third kappa shape index (κ3) is 2.11. The van der Waals surface area contributed by atoms with Crippen molar-refractivity contribution in [2.24, 2.45) is 0 Å². The topological polar surface area (TPSA) is 4.93 Å². The molecule has 1 aliphatic rings. The highest BCUT2D eigenvalue weighted by molar-refractivity contribution is 7.20. The Kier molecular flexibility index (Phi) is 3.15. The third-order valence-corrected chi connectivity index (χ3v) is 6.99. The first kappa shape index (κ1) is 15.2. The highest BCUT2D eigenvalue weighted by atomic mass is 32.1. The average molecular weight is 366 g/mol. The van der Waals surface area contributed by atoms with Crippen molar-refractivity contribution in [1.82, 2.24) is 4.57 Å². The van der Waals surface area contributed by atoms with Crippen LogP contribution in [0.15, 0.2) is 66.7 Å². The molecule has 0 amide bonds. The zero-order valence-corrected chi connectivity index (χ0v) is 16.0. The Bertz CT molecular complexity index is 1370. The van der Waals surface area contributed by atoms with Crippen molar-refractivity contribution in [2.75, 3.05) is 0 Å². The zero-order valence-electron chi connectivity index (χ0n) is 15.2. The number of hydrogen-bond acceptors (Lipinski definition) is 1. The van der Waals surface area contributed by atoms with Gasteiger partial charge in [-0.15, -0.1) is 11.3 Å². The number of aromatic nitrogens is 1. The van der Waals surface area contributed by atoms with Gasteiger partial charge < -0.3 is 4.57 Å². The van der Waals surface area contributed by atoms with Gasteiger partial charge in [0.2, 0.25) is 0 Å². The molecule has 0 unspecified atom stereocenters. The second-order valence-electron chi connectivity index (χ2n) is 7.41. The van der Waals surface area contributed by atoms with Gasteiger partial charge in [-0.1, -0.05) is 48.0 Å². The van der Waals surface area contributed by atoms with Crippen LogP contribution in [0.25, 0.3) is 43.7 Å². The van der Waals surface area contributed by atoms with Gasteiger partial charge in [0.15, 0.2) is 0 Å². The molecule has 1 nitrogen and oxygen atoms in total. The fourth-order valence-electron chi connectivity index (χ4n) is 4.48. The van der Waals surface area contributed by atoms with E-state index in [2.05, 4.69) is 84.3 Å². The summed E-state index contributed by atoms with van der Waals surface area (Å²) in [5.74, 6) is 0.